The average Bonchev–Trinajstić information content (AvgIpc) is 2.36. The molecule has 0 aromatic carbocycles. The van der Waals surface area contributed by atoms with Gasteiger partial charge in [-0.2, -0.15) is 0 Å². The summed E-state index contributed by atoms with van der Waals surface area (Å²) in [6.45, 7) is 7.23. The number of hydrogen-bond donors (Lipinski definition) is 2. The molecule has 1 aliphatic heterocycles. The highest BCUT2D eigenvalue weighted by atomic mass is 16.5. The van der Waals surface area contributed by atoms with Gasteiger partial charge in [-0.15, -0.1) is 0 Å². The van der Waals surface area contributed by atoms with E-state index in [4.69, 9.17) is 4.74 Å². The molecule has 2 heterocycles. The van der Waals surface area contributed by atoms with E-state index >= 15 is 0 Å². The normalized spacial score (nSPS) is 22.6. The van der Waals surface area contributed by atoms with Crippen molar-refractivity contribution in [1.82, 2.24) is 15.2 Å². The molecule has 0 radical (unpaired) electrons. The fraction of sp³-hybridized carbons (Fsp3) is 0.571. The van der Waals surface area contributed by atoms with E-state index in [1.165, 1.54) is 4.90 Å². The zero-order chi connectivity index (χ0) is 14.7. The van der Waals surface area contributed by atoms with Gasteiger partial charge in [-0.05, 0) is 20.8 Å². The second kappa shape index (κ2) is 6.09. The summed E-state index contributed by atoms with van der Waals surface area (Å²) in [7, 11) is 0. The molecule has 2 rings (SSSR count). The number of carboxylic acid groups (broad SMARTS) is 1. The van der Waals surface area contributed by atoms with E-state index in [-0.39, 0.29) is 12.1 Å². The number of pyridine rings is 1. The van der Waals surface area contributed by atoms with Crippen LogP contribution in [-0.4, -0.2) is 52.9 Å². The molecule has 1 saturated heterocycles. The van der Waals surface area contributed by atoms with E-state index in [0.29, 0.717) is 19.7 Å². The Morgan fingerprint density at radius 3 is 2.75 bits per heavy atom. The monoisotopic (exact) mass is 279 g/mol. The second-order valence-corrected chi connectivity index (χ2v) is 5.29. The number of nitrogens with one attached hydrogen (secondary N) is 1. The predicted molar refractivity (Wildman–Crippen MR) is 75.2 cm³/mol. The molecule has 110 valence electrons. The number of aryl methyl sites for hydroxylation is 2. The summed E-state index contributed by atoms with van der Waals surface area (Å²) in [6, 6.07) is 3.72. The molecule has 0 bridgehead atoms. The van der Waals surface area contributed by atoms with Crippen LogP contribution in [-0.2, 0) is 0 Å². The average molecular weight is 279 g/mol. The van der Waals surface area contributed by atoms with E-state index in [1.54, 1.807) is 0 Å². The molecule has 1 aromatic rings. The number of piperazine rings is 1. The van der Waals surface area contributed by atoms with Crippen molar-refractivity contribution < 1.29 is 14.6 Å². The molecule has 1 fully saturated rings. The summed E-state index contributed by atoms with van der Waals surface area (Å²) in [6.07, 6.45) is -0.894. The summed E-state index contributed by atoms with van der Waals surface area (Å²) in [5.74, 6) is 0.735. The lowest BCUT2D eigenvalue weighted by Crippen LogP contribution is -2.59. The first-order valence-electron chi connectivity index (χ1n) is 6.76. The largest absolute Gasteiger partial charge is 0.491 e. The van der Waals surface area contributed by atoms with Crippen LogP contribution < -0.4 is 10.1 Å². The van der Waals surface area contributed by atoms with Crippen LogP contribution in [0.25, 0.3) is 0 Å². The van der Waals surface area contributed by atoms with Crippen LogP contribution in [0, 0.1) is 13.8 Å². The third-order valence-corrected chi connectivity index (χ3v) is 3.36. The molecule has 2 atom stereocenters. The van der Waals surface area contributed by atoms with Crippen LogP contribution in [0.15, 0.2) is 12.1 Å². The van der Waals surface area contributed by atoms with Crippen molar-refractivity contribution in [2.45, 2.75) is 32.9 Å². The summed E-state index contributed by atoms with van der Waals surface area (Å²) in [4.78, 5) is 17.0. The molecular weight excluding hydrogens is 258 g/mol. The van der Waals surface area contributed by atoms with Crippen LogP contribution >= 0.6 is 0 Å². The molecule has 0 spiro atoms. The van der Waals surface area contributed by atoms with Crippen molar-refractivity contribution >= 4 is 6.09 Å². The molecule has 1 aliphatic rings. The number of aromatic nitrogens is 1. The third kappa shape index (κ3) is 3.60. The van der Waals surface area contributed by atoms with Gasteiger partial charge in [-0.25, -0.2) is 4.79 Å². The van der Waals surface area contributed by atoms with E-state index in [2.05, 4.69) is 10.3 Å². The fourth-order valence-corrected chi connectivity index (χ4v) is 2.41. The number of amides is 1. The number of rotatable bonds is 3. The number of ether oxygens (including phenoxy) is 1. The zero-order valence-electron chi connectivity index (χ0n) is 12.1. The first kappa shape index (κ1) is 14.6. The molecule has 20 heavy (non-hydrogen) atoms. The molecule has 1 aromatic heterocycles. The Balaban J connectivity index is 1.99. The highest BCUT2D eigenvalue weighted by Gasteiger charge is 2.29. The Labute approximate surface area is 118 Å². The molecule has 6 nitrogen and oxygen atoms in total. The Morgan fingerprint density at radius 2 is 2.15 bits per heavy atom. The highest BCUT2D eigenvalue weighted by molar-refractivity contribution is 5.65. The first-order chi connectivity index (χ1) is 9.45. The number of carbonyl (C=O) groups is 1. The van der Waals surface area contributed by atoms with Gasteiger partial charge in [0.05, 0.1) is 6.04 Å². The minimum atomic E-state index is -0.894. The SMILES string of the molecule is Cc1cc(OC[C@@H]2CN[C@@H](C)CN2C(=O)O)cc(C)n1. The van der Waals surface area contributed by atoms with E-state index in [9.17, 15) is 9.90 Å². The van der Waals surface area contributed by atoms with Gasteiger partial charge in [0.1, 0.15) is 12.4 Å². The summed E-state index contributed by atoms with van der Waals surface area (Å²) in [5, 5.41) is 12.5. The summed E-state index contributed by atoms with van der Waals surface area (Å²) in [5.41, 5.74) is 1.79. The summed E-state index contributed by atoms with van der Waals surface area (Å²) >= 11 is 0. The van der Waals surface area contributed by atoms with Crippen LogP contribution in [0.4, 0.5) is 4.79 Å². The van der Waals surface area contributed by atoms with E-state index in [1.807, 2.05) is 32.9 Å². The van der Waals surface area contributed by atoms with Gasteiger partial charge in [0.15, 0.2) is 0 Å². The predicted octanol–water partition coefficient (Wildman–Crippen LogP) is 1.42. The van der Waals surface area contributed by atoms with Crippen molar-refractivity contribution in [3.8, 4) is 5.75 Å². The Morgan fingerprint density at radius 1 is 1.50 bits per heavy atom. The van der Waals surface area contributed by atoms with Gasteiger partial charge < -0.3 is 15.2 Å². The molecule has 0 aliphatic carbocycles. The van der Waals surface area contributed by atoms with Gasteiger partial charge in [0.2, 0.25) is 0 Å². The third-order valence-electron chi connectivity index (χ3n) is 3.36. The van der Waals surface area contributed by atoms with Gasteiger partial charge >= 0.3 is 6.09 Å². The van der Waals surface area contributed by atoms with E-state index in [0.717, 1.165) is 17.1 Å². The summed E-state index contributed by atoms with van der Waals surface area (Å²) < 4.78 is 5.74. The maximum atomic E-state index is 11.3. The van der Waals surface area contributed by atoms with Gasteiger partial charge in [-0.3, -0.25) is 9.88 Å². The minimum Gasteiger partial charge on any atom is -0.491 e. The van der Waals surface area contributed by atoms with Crippen molar-refractivity contribution in [2.75, 3.05) is 19.7 Å². The number of hydrogen-bond acceptors (Lipinski definition) is 4. The van der Waals surface area contributed by atoms with E-state index < -0.39 is 6.09 Å². The Bertz CT molecular complexity index is 472. The topological polar surface area (TPSA) is 74.7 Å². The number of nitrogens with zero attached hydrogens (tertiary/aromatic N) is 2. The van der Waals surface area contributed by atoms with Crippen LogP contribution in [0.3, 0.4) is 0 Å². The van der Waals surface area contributed by atoms with Crippen molar-refractivity contribution in [3.63, 3.8) is 0 Å². The molecular formula is C14H21N3O3. The quantitative estimate of drug-likeness (QED) is 0.875. The standard InChI is InChI=1S/C14H21N3O3/c1-9-4-13(5-10(2)16-9)20-8-12-6-15-11(3)7-17(12)14(18)19/h4-5,11-12,15H,6-8H2,1-3H3,(H,18,19)/t11-,12-/m0/s1. The molecule has 0 unspecified atom stereocenters. The molecule has 1 amide bonds. The fourth-order valence-electron chi connectivity index (χ4n) is 2.41. The first-order valence-corrected chi connectivity index (χ1v) is 6.76. The van der Waals surface area contributed by atoms with Crippen LogP contribution in [0.2, 0.25) is 0 Å². The molecule has 6 heteroatoms. The van der Waals surface area contributed by atoms with Gasteiger partial charge in [0.25, 0.3) is 0 Å². The molecule has 2 N–H and O–H groups in total. The minimum absolute atomic E-state index is 0.169. The lowest BCUT2D eigenvalue weighted by molar-refractivity contribution is 0.0792. The second-order valence-electron chi connectivity index (χ2n) is 5.29. The molecule has 0 saturated carbocycles. The van der Waals surface area contributed by atoms with Crippen molar-refractivity contribution in [2.24, 2.45) is 0 Å². The highest BCUT2D eigenvalue weighted by Crippen LogP contribution is 2.15. The van der Waals surface area contributed by atoms with Gasteiger partial charge in [0, 0.05) is 42.7 Å². The smallest absolute Gasteiger partial charge is 0.407 e. The Hall–Kier alpha value is -1.82. The van der Waals surface area contributed by atoms with Crippen molar-refractivity contribution in [1.29, 1.82) is 0 Å². The zero-order valence-corrected chi connectivity index (χ0v) is 12.1. The lowest BCUT2D eigenvalue weighted by Gasteiger charge is -2.37. The van der Waals surface area contributed by atoms with Crippen LogP contribution in [0.5, 0.6) is 5.75 Å². The van der Waals surface area contributed by atoms with Crippen molar-refractivity contribution in [3.05, 3.63) is 23.5 Å². The maximum absolute atomic E-state index is 11.3. The maximum Gasteiger partial charge on any atom is 0.407 e. The van der Waals surface area contributed by atoms with Crippen LogP contribution in [0.1, 0.15) is 18.3 Å². The lowest BCUT2D eigenvalue weighted by atomic mass is 10.1. The van der Waals surface area contributed by atoms with Gasteiger partial charge in [-0.1, -0.05) is 0 Å². The Kier molecular flexibility index (Phi) is 4.44.